The van der Waals surface area contributed by atoms with E-state index in [9.17, 15) is 18.0 Å². The molecule has 0 amide bonds. The van der Waals surface area contributed by atoms with Crippen molar-refractivity contribution in [3.63, 3.8) is 0 Å². The van der Waals surface area contributed by atoms with Crippen molar-refractivity contribution >= 4 is 21.7 Å². The minimum Gasteiger partial charge on any atom is -0.288 e. The fourth-order valence-corrected chi connectivity index (χ4v) is 2.09. The maximum absolute atomic E-state index is 13.6. The van der Waals surface area contributed by atoms with Gasteiger partial charge in [0.15, 0.2) is 23.2 Å². The van der Waals surface area contributed by atoms with Crippen molar-refractivity contribution in [1.82, 2.24) is 0 Å². The number of rotatable bonds is 2. The second-order valence-electron chi connectivity index (χ2n) is 4.04. The number of hydrogen-bond acceptors (Lipinski definition) is 1. The molecule has 0 aromatic heterocycles. The fraction of sp³-hybridized carbons (Fsp3) is 0.0714. The lowest BCUT2D eigenvalue weighted by Crippen LogP contribution is -2.08. The van der Waals surface area contributed by atoms with Gasteiger partial charge in [-0.05, 0) is 31.2 Å². The van der Waals surface area contributed by atoms with Gasteiger partial charge in [0.05, 0.1) is 5.56 Å². The van der Waals surface area contributed by atoms with Crippen LogP contribution in [0.4, 0.5) is 13.2 Å². The molecule has 2 rings (SSSR count). The van der Waals surface area contributed by atoms with E-state index in [1.54, 1.807) is 25.1 Å². The van der Waals surface area contributed by atoms with Crippen LogP contribution in [0.3, 0.4) is 0 Å². The zero-order valence-electron chi connectivity index (χ0n) is 9.81. The van der Waals surface area contributed by atoms with Gasteiger partial charge in [0, 0.05) is 10.0 Å². The van der Waals surface area contributed by atoms with Crippen LogP contribution in [0, 0.1) is 24.4 Å². The molecule has 2 aromatic rings. The van der Waals surface area contributed by atoms with Gasteiger partial charge in [0.2, 0.25) is 0 Å². The number of ketones is 1. The van der Waals surface area contributed by atoms with Gasteiger partial charge in [-0.1, -0.05) is 27.6 Å². The Labute approximate surface area is 116 Å². The number of hydrogen-bond donors (Lipinski definition) is 0. The molecular weight excluding hydrogens is 321 g/mol. The highest BCUT2D eigenvalue weighted by Crippen LogP contribution is 2.24. The minimum atomic E-state index is -1.64. The number of benzene rings is 2. The molecule has 0 saturated heterocycles. The van der Waals surface area contributed by atoms with Crippen molar-refractivity contribution in [2.45, 2.75) is 6.92 Å². The van der Waals surface area contributed by atoms with E-state index in [0.717, 1.165) is 17.7 Å². The second kappa shape index (κ2) is 5.17. The zero-order chi connectivity index (χ0) is 14.2. The summed E-state index contributed by atoms with van der Waals surface area (Å²) in [5.41, 5.74) is 0.504. The number of carbonyl (C=O) groups is 1. The van der Waals surface area contributed by atoms with Gasteiger partial charge in [-0.15, -0.1) is 0 Å². The van der Waals surface area contributed by atoms with E-state index in [0.29, 0.717) is 4.47 Å². The van der Waals surface area contributed by atoms with Crippen LogP contribution in [-0.4, -0.2) is 5.78 Å². The topological polar surface area (TPSA) is 17.1 Å². The van der Waals surface area contributed by atoms with E-state index in [1.165, 1.54) is 0 Å². The normalized spacial score (nSPS) is 10.6. The molecule has 0 unspecified atom stereocenters. The minimum absolute atomic E-state index is 0.199. The molecule has 19 heavy (non-hydrogen) atoms. The summed E-state index contributed by atoms with van der Waals surface area (Å²) < 4.78 is 40.0. The first-order chi connectivity index (χ1) is 8.91. The molecule has 98 valence electrons. The Balaban J connectivity index is 2.56. The van der Waals surface area contributed by atoms with Crippen LogP contribution >= 0.6 is 15.9 Å². The monoisotopic (exact) mass is 328 g/mol. The molecular formula is C14H8BrF3O. The number of carbonyl (C=O) groups excluding carboxylic acids is 1. The summed E-state index contributed by atoms with van der Waals surface area (Å²) in [5.74, 6) is -5.14. The second-order valence-corrected chi connectivity index (χ2v) is 4.89. The lowest BCUT2D eigenvalue weighted by Gasteiger charge is -2.07. The van der Waals surface area contributed by atoms with Crippen LogP contribution in [0.15, 0.2) is 34.8 Å². The van der Waals surface area contributed by atoms with Gasteiger partial charge in [-0.3, -0.25) is 4.79 Å². The quantitative estimate of drug-likeness (QED) is 0.589. The molecule has 1 nitrogen and oxygen atoms in total. The molecule has 5 heteroatoms. The predicted molar refractivity (Wildman–Crippen MR) is 68.6 cm³/mol. The van der Waals surface area contributed by atoms with Crippen LogP contribution < -0.4 is 0 Å². The van der Waals surface area contributed by atoms with E-state index in [1.807, 2.05) is 0 Å². The first-order valence-electron chi connectivity index (χ1n) is 5.36. The average molecular weight is 329 g/mol. The molecule has 0 saturated carbocycles. The van der Waals surface area contributed by atoms with Crippen molar-refractivity contribution in [3.8, 4) is 0 Å². The standard InChI is InChI=1S/C14H8BrF3O/c1-7-2-4-10(15)9(6-7)14(19)8-3-5-11(16)13(18)12(8)17/h2-6H,1H3. The Morgan fingerprint density at radius 2 is 1.68 bits per heavy atom. The van der Waals surface area contributed by atoms with Crippen LogP contribution in [-0.2, 0) is 0 Å². The van der Waals surface area contributed by atoms with E-state index in [4.69, 9.17) is 0 Å². The molecule has 0 bridgehead atoms. The Morgan fingerprint density at radius 1 is 1.00 bits per heavy atom. The van der Waals surface area contributed by atoms with E-state index < -0.39 is 28.8 Å². The van der Waals surface area contributed by atoms with E-state index >= 15 is 0 Å². The highest BCUT2D eigenvalue weighted by atomic mass is 79.9. The van der Waals surface area contributed by atoms with Crippen molar-refractivity contribution in [2.24, 2.45) is 0 Å². The molecule has 0 fully saturated rings. The van der Waals surface area contributed by atoms with E-state index in [-0.39, 0.29) is 5.56 Å². The van der Waals surface area contributed by atoms with Crippen molar-refractivity contribution in [2.75, 3.05) is 0 Å². The summed E-state index contributed by atoms with van der Waals surface area (Å²) in [4.78, 5) is 12.1. The summed E-state index contributed by atoms with van der Waals surface area (Å²) in [6.07, 6.45) is 0. The van der Waals surface area contributed by atoms with Gasteiger partial charge in [0.1, 0.15) is 0 Å². The molecule has 2 aromatic carbocycles. The number of aryl methyl sites for hydroxylation is 1. The molecule has 0 radical (unpaired) electrons. The van der Waals surface area contributed by atoms with Gasteiger partial charge in [0.25, 0.3) is 0 Å². The molecule has 0 spiro atoms. The molecule has 0 aliphatic heterocycles. The smallest absolute Gasteiger partial charge is 0.197 e. The highest BCUT2D eigenvalue weighted by Gasteiger charge is 2.21. The molecule has 0 N–H and O–H groups in total. The van der Waals surface area contributed by atoms with Gasteiger partial charge >= 0.3 is 0 Å². The molecule has 0 heterocycles. The summed E-state index contributed by atoms with van der Waals surface area (Å²) in [7, 11) is 0. The Hall–Kier alpha value is -1.62. The SMILES string of the molecule is Cc1ccc(Br)c(C(=O)c2ccc(F)c(F)c2F)c1. The van der Waals surface area contributed by atoms with Gasteiger partial charge < -0.3 is 0 Å². The summed E-state index contributed by atoms with van der Waals surface area (Å²) >= 11 is 3.17. The lowest BCUT2D eigenvalue weighted by atomic mass is 10.0. The predicted octanol–water partition coefficient (Wildman–Crippen LogP) is 4.41. The third-order valence-electron chi connectivity index (χ3n) is 2.65. The van der Waals surface area contributed by atoms with Crippen LogP contribution in [0.1, 0.15) is 21.5 Å². The maximum Gasteiger partial charge on any atom is 0.197 e. The number of halogens is 4. The summed E-state index contributed by atoms with van der Waals surface area (Å²) in [5, 5.41) is 0. The van der Waals surface area contributed by atoms with Crippen LogP contribution in [0.5, 0.6) is 0 Å². The Kier molecular flexibility index (Phi) is 3.75. The van der Waals surface area contributed by atoms with Crippen LogP contribution in [0.25, 0.3) is 0 Å². The molecule has 0 aliphatic carbocycles. The highest BCUT2D eigenvalue weighted by molar-refractivity contribution is 9.10. The Bertz CT molecular complexity index is 668. The zero-order valence-corrected chi connectivity index (χ0v) is 11.4. The third-order valence-corrected chi connectivity index (χ3v) is 3.34. The fourth-order valence-electron chi connectivity index (χ4n) is 1.66. The lowest BCUT2D eigenvalue weighted by molar-refractivity contribution is 0.103. The summed E-state index contributed by atoms with van der Waals surface area (Å²) in [6, 6.07) is 6.62. The maximum atomic E-state index is 13.6. The Morgan fingerprint density at radius 3 is 2.37 bits per heavy atom. The van der Waals surface area contributed by atoms with Crippen molar-refractivity contribution in [3.05, 3.63) is 68.9 Å². The average Bonchev–Trinajstić information content (AvgIpc) is 2.38. The first-order valence-corrected chi connectivity index (χ1v) is 6.15. The van der Waals surface area contributed by atoms with Gasteiger partial charge in [-0.2, -0.15) is 0 Å². The molecule has 0 atom stereocenters. The first kappa shape index (κ1) is 13.8. The van der Waals surface area contributed by atoms with Crippen molar-refractivity contribution < 1.29 is 18.0 Å². The van der Waals surface area contributed by atoms with Crippen LogP contribution in [0.2, 0.25) is 0 Å². The third kappa shape index (κ3) is 2.56. The summed E-state index contributed by atoms with van der Waals surface area (Å²) in [6.45, 7) is 1.77. The largest absolute Gasteiger partial charge is 0.288 e. The van der Waals surface area contributed by atoms with Gasteiger partial charge in [-0.25, -0.2) is 13.2 Å². The molecule has 0 aliphatic rings. The van der Waals surface area contributed by atoms with Crippen molar-refractivity contribution in [1.29, 1.82) is 0 Å². The van der Waals surface area contributed by atoms with E-state index in [2.05, 4.69) is 15.9 Å².